The minimum absolute atomic E-state index is 0.0999. The molecule has 0 unspecified atom stereocenters. The van der Waals surface area contributed by atoms with Gasteiger partial charge in [-0.3, -0.25) is 9.48 Å². The SMILES string of the molecule is COc1cccc(NC2CCN(C(=O)c3c(C)nn(C)c3C)CC2)c1. The lowest BCUT2D eigenvalue weighted by atomic mass is 10.0. The Kier molecular flexibility index (Phi) is 4.97. The van der Waals surface area contributed by atoms with Gasteiger partial charge in [0.15, 0.2) is 0 Å². The van der Waals surface area contributed by atoms with E-state index in [1.165, 1.54) is 0 Å². The number of piperidine rings is 1. The average molecular weight is 342 g/mol. The Hall–Kier alpha value is -2.50. The van der Waals surface area contributed by atoms with Crippen LogP contribution < -0.4 is 10.1 Å². The van der Waals surface area contributed by atoms with Crippen LogP contribution in [-0.4, -0.2) is 46.8 Å². The number of nitrogens with one attached hydrogen (secondary N) is 1. The monoisotopic (exact) mass is 342 g/mol. The molecule has 134 valence electrons. The lowest BCUT2D eigenvalue weighted by Crippen LogP contribution is -2.42. The van der Waals surface area contributed by atoms with Gasteiger partial charge in [-0.15, -0.1) is 0 Å². The average Bonchev–Trinajstić information content (AvgIpc) is 2.87. The molecule has 1 fully saturated rings. The summed E-state index contributed by atoms with van der Waals surface area (Å²) in [6.07, 6.45) is 1.86. The maximum Gasteiger partial charge on any atom is 0.257 e. The summed E-state index contributed by atoms with van der Waals surface area (Å²) in [5, 5.41) is 7.91. The van der Waals surface area contributed by atoms with Crippen LogP contribution in [0.4, 0.5) is 5.69 Å². The van der Waals surface area contributed by atoms with Crippen LogP contribution in [0.15, 0.2) is 24.3 Å². The van der Waals surface area contributed by atoms with Gasteiger partial charge in [-0.05, 0) is 38.8 Å². The number of hydrogen-bond donors (Lipinski definition) is 1. The highest BCUT2D eigenvalue weighted by Gasteiger charge is 2.27. The first-order chi connectivity index (χ1) is 12.0. The van der Waals surface area contributed by atoms with Gasteiger partial charge in [0.2, 0.25) is 0 Å². The zero-order chi connectivity index (χ0) is 18.0. The van der Waals surface area contributed by atoms with Crippen LogP contribution in [0.5, 0.6) is 5.75 Å². The number of carbonyl (C=O) groups excluding carboxylic acids is 1. The Morgan fingerprint density at radius 3 is 2.60 bits per heavy atom. The quantitative estimate of drug-likeness (QED) is 0.928. The summed E-state index contributed by atoms with van der Waals surface area (Å²) in [6.45, 7) is 5.37. The highest BCUT2D eigenvalue weighted by atomic mass is 16.5. The van der Waals surface area contributed by atoms with Gasteiger partial charge in [0.1, 0.15) is 5.75 Å². The van der Waals surface area contributed by atoms with Crippen molar-refractivity contribution in [1.29, 1.82) is 0 Å². The fourth-order valence-electron chi connectivity index (χ4n) is 3.42. The molecular formula is C19H26N4O2. The van der Waals surface area contributed by atoms with Gasteiger partial charge in [0.05, 0.1) is 18.4 Å². The number of rotatable bonds is 4. The summed E-state index contributed by atoms with van der Waals surface area (Å²) in [6, 6.07) is 8.33. The minimum atomic E-state index is 0.0999. The van der Waals surface area contributed by atoms with Crippen LogP contribution in [0.25, 0.3) is 0 Å². The minimum Gasteiger partial charge on any atom is -0.497 e. The zero-order valence-electron chi connectivity index (χ0n) is 15.4. The first kappa shape index (κ1) is 17.3. The number of anilines is 1. The van der Waals surface area contributed by atoms with Crippen molar-refractivity contribution in [3.63, 3.8) is 0 Å². The van der Waals surface area contributed by atoms with Crippen molar-refractivity contribution in [3.8, 4) is 5.75 Å². The lowest BCUT2D eigenvalue weighted by molar-refractivity contribution is 0.0717. The topological polar surface area (TPSA) is 59.4 Å². The van der Waals surface area contributed by atoms with E-state index in [1.54, 1.807) is 11.8 Å². The molecule has 6 heteroatoms. The third kappa shape index (κ3) is 3.62. The maximum atomic E-state index is 12.8. The van der Waals surface area contributed by atoms with E-state index >= 15 is 0 Å². The van der Waals surface area contributed by atoms with Gasteiger partial charge >= 0.3 is 0 Å². The van der Waals surface area contributed by atoms with Crippen molar-refractivity contribution >= 4 is 11.6 Å². The third-order valence-corrected chi connectivity index (χ3v) is 4.95. The standard InChI is InChI=1S/C19H26N4O2/c1-13-18(14(2)22(3)21-13)19(24)23-10-8-15(9-11-23)20-16-6-5-7-17(12-16)25-4/h5-7,12,15,20H,8-11H2,1-4H3. The second kappa shape index (κ2) is 7.17. The number of ether oxygens (including phenoxy) is 1. The Labute approximate surface area is 148 Å². The van der Waals surface area contributed by atoms with Crippen LogP contribution in [0.3, 0.4) is 0 Å². The van der Waals surface area contributed by atoms with Gasteiger partial charge in [-0.1, -0.05) is 6.07 Å². The van der Waals surface area contributed by atoms with Crippen LogP contribution >= 0.6 is 0 Å². The lowest BCUT2D eigenvalue weighted by Gasteiger charge is -2.33. The first-order valence-electron chi connectivity index (χ1n) is 8.69. The number of likely N-dealkylation sites (tertiary alicyclic amines) is 1. The van der Waals surface area contributed by atoms with E-state index in [1.807, 2.05) is 50.1 Å². The summed E-state index contributed by atoms with van der Waals surface area (Å²) in [5.74, 6) is 0.947. The number of nitrogens with zero attached hydrogens (tertiary/aromatic N) is 3. The Morgan fingerprint density at radius 1 is 1.28 bits per heavy atom. The molecular weight excluding hydrogens is 316 g/mol. The van der Waals surface area contributed by atoms with Crippen molar-refractivity contribution in [2.75, 3.05) is 25.5 Å². The molecule has 0 radical (unpaired) electrons. The fourth-order valence-corrected chi connectivity index (χ4v) is 3.42. The summed E-state index contributed by atoms with van der Waals surface area (Å²) in [4.78, 5) is 14.8. The van der Waals surface area contributed by atoms with E-state index < -0.39 is 0 Å². The van der Waals surface area contributed by atoms with Crippen LogP contribution in [0.1, 0.15) is 34.6 Å². The van der Waals surface area contributed by atoms with E-state index in [-0.39, 0.29) is 5.91 Å². The van der Waals surface area contributed by atoms with Crippen molar-refractivity contribution in [3.05, 3.63) is 41.2 Å². The number of amides is 1. The second-order valence-corrected chi connectivity index (χ2v) is 6.61. The summed E-state index contributed by atoms with van der Waals surface area (Å²) in [5.41, 5.74) is 3.55. The van der Waals surface area contributed by atoms with Gasteiger partial charge < -0.3 is 15.0 Å². The molecule has 2 aromatic rings. The second-order valence-electron chi connectivity index (χ2n) is 6.61. The molecule has 25 heavy (non-hydrogen) atoms. The largest absolute Gasteiger partial charge is 0.497 e. The van der Waals surface area contributed by atoms with Gasteiger partial charge in [-0.2, -0.15) is 5.10 Å². The number of methoxy groups -OCH3 is 1. The Morgan fingerprint density at radius 2 is 2.00 bits per heavy atom. The van der Waals surface area contributed by atoms with Crippen molar-refractivity contribution in [1.82, 2.24) is 14.7 Å². The number of benzene rings is 1. The summed E-state index contributed by atoms with van der Waals surface area (Å²) >= 11 is 0. The van der Waals surface area contributed by atoms with Gasteiger partial charge in [-0.25, -0.2) is 0 Å². The summed E-state index contributed by atoms with van der Waals surface area (Å²) < 4.78 is 7.04. The maximum absolute atomic E-state index is 12.8. The molecule has 0 bridgehead atoms. The molecule has 1 N–H and O–H groups in total. The molecule has 1 saturated heterocycles. The molecule has 0 spiro atoms. The van der Waals surface area contributed by atoms with Gasteiger partial charge in [0.25, 0.3) is 5.91 Å². The molecule has 1 aliphatic heterocycles. The van der Waals surface area contributed by atoms with E-state index in [2.05, 4.69) is 10.4 Å². The Bertz CT molecular complexity index is 761. The van der Waals surface area contributed by atoms with Gasteiger partial charge in [0, 0.05) is 43.6 Å². The predicted octanol–water partition coefficient (Wildman–Crippen LogP) is 2.76. The molecule has 1 amide bonds. The number of carbonyl (C=O) groups is 1. The van der Waals surface area contributed by atoms with E-state index in [0.717, 1.165) is 54.3 Å². The third-order valence-electron chi connectivity index (χ3n) is 4.95. The van der Waals surface area contributed by atoms with Crippen molar-refractivity contribution in [2.45, 2.75) is 32.7 Å². The molecule has 0 saturated carbocycles. The van der Waals surface area contributed by atoms with Crippen LogP contribution in [0.2, 0.25) is 0 Å². The highest BCUT2D eigenvalue weighted by Crippen LogP contribution is 2.22. The first-order valence-corrected chi connectivity index (χ1v) is 8.69. The van der Waals surface area contributed by atoms with Crippen molar-refractivity contribution < 1.29 is 9.53 Å². The normalized spacial score (nSPS) is 15.3. The molecule has 1 aromatic carbocycles. The Balaban J connectivity index is 1.60. The number of hydrogen-bond acceptors (Lipinski definition) is 4. The zero-order valence-corrected chi connectivity index (χ0v) is 15.4. The van der Waals surface area contributed by atoms with E-state index in [0.29, 0.717) is 6.04 Å². The molecule has 1 aromatic heterocycles. The molecule has 1 aliphatic rings. The fraction of sp³-hybridized carbons (Fsp3) is 0.474. The predicted molar refractivity (Wildman–Crippen MR) is 98.2 cm³/mol. The molecule has 0 atom stereocenters. The molecule has 6 nitrogen and oxygen atoms in total. The number of aromatic nitrogens is 2. The smallest absolute Gasteiger partial charge is 0.257 e. The molecule has 3 rings (SSSR count). The van der Waals surface area contributed by atoms with E-state index in [9.17, 15) is 4.79 Å². The molecule has 2 heterocycles. The van der Waals surface area contributed by atoms with Crippen LogP contribution in [-0.2, 0) is 7.05 Å². The van der Waals surface area contributed by atoms with E-state index in [4.69, 9.17) is 4.74 Å². The summed E-state index contributed by atoms with van der Waals surface area (Å²) in [7, 11) is 3.55. The van der Waals surface area contributed by atoms with Crippen LogP contribution in [0, 0.1) is 13.8 Å². The van der Waals surface area contributed by atoms with Crippen molar-refractivity contribution in [2.24, 2.45) is 7.05 Å². The molecule has 0 aliphatic carbocycles. The number of aryl methyl sites for hydroxylation is 2. The highest BCUT2D eigenvalue weighted by molar-refractivity contribution is 5.96.